The smallest absolute Gasteiger partial charge is 0.276 e. The Hall–Kier alpha value is -3.91. The first kappa shape index (κ1) is 20.0. The van der Waals surface area contributed by atoms with Gasteiger partial charge >= 0.3 is 0 Å². The van der Waals surface area contributed by atoms with Crippen LogP contribution in [0.5, 0.6) is 0 Å². The topological polar surface area (TPSA) is 96.8 Å². The van der Waals surface area contributed by atoms with E-state index in [2.05, 4.69) is 43.1 Å². The molecule has 1 amide bonds. The summed E-state index contributed by atoms with van der Waals surface area (Å²) < 4.78 is 1.59. The van der Waals surface area contributed by atoms with E-state index in [4.69, 9.17) is 11.6 Å². The average molecular weight is 446 g/mol. The van der Waals surface area contributed by atoms with Crippen molar-refractivity contribution in [2.75, 3.05) is 16.0 Å². The summed E-state index contributed by atoms with van der Waals surface area (Å²) in [5.41, 5.74) is 4.93. The van der Waals surface area contributed by atoms with E-state index in [1.807, 2.05) is 30.3 Å². The molecule has 2 aromatic carbocycles. The molecular formula is C23H20ClN7O. The van der Waals surface area contributed by atoms with E-state index in [-0.39, 0.29) is 5.91 Å². The molecular weight excluding hydrogens is 426 g/mol. The fraction of sp³-hybridized carbons (Fsp3) is 0.130. The molecule has 3 heterocycles. The molecule has 3 N–H and O–H groups in total. The Labute approximate surface area is 189 Å². The molecule has 0 saturated heterocycles. The van der Waals surface area contributed by atoms with Gasteiger partial charge in [0, 0.05) is 30.3 Å². The fourth-order valence-corrected chi connectivity index (χ4v) is 3.72. The molecule has 4 aromatic rings. The highest BCUT2D eigenvalue weighted by Crippen LogP contribution is 2.29. The molecule has 8 nitrogen and oxygen atoms in total. The predicted molar refractivity (Wildman–Crippen MR) is 125 cm³/mol. The van der Waals surface area contributed by atoms with E-state index in [1.54, 1.807) is 30.2 Å². The lowest BCUT2D eigenvalue weighted by molar-refractivity contribution is 0.102. The Morgan fingerprint density at radius 1 is 1.06 bits per heavy atom. The highest BCUT2D eigenvalue weighted by Gasteiger charge is 2.13. The summed E-state index contributed by atoms with van der Waals surface area (Å²) in [5.74, 6) is 0.637. The third-order valence-electron chi connectivity index (χ3n) is 5.09. The van der Waals surface area contributed by atoms with Crippen LogP contribution in [0.2, 0.25) is 5.02 Å². The van der Waals surface area contributed by atoms with Crippen LogP contribution in [0.4, 0.5) is 28.8 Å². The zero-order valence-electron chi connectivity index (χ0n) is 17.3. The molecule has 0 saturated carbocycles. The average Bonchev–Trinajstić information content (AvgIpc) is 3.21. The van der Waals surface area contributed by atoms with Gasteiger partial charge in [-0.05, 0) is 60.4 Å². The van der Waals surface area contributed by atoms with Crippen molar-refractivity contribution in [3.05, 3.63) is 82.8 Å². The number of carbonyl (C=O) groups excluding carboxylic acids is 1. The fourth-order valence-electron chi connectivity index (χ4n) is 3.59. The standard InChI is InChI=1S/C23H20ClN7O/c1-31-8-7-20(30-31)22(32)27-18-11-15-6-5-14-3-2-4-16(9-14)28-23-25-13-19(24)21(29-23)26-17(10-15)12-18/h2-4,7-13H,5-6H2,1H3,(H,27,32)(H2,25,26,28,29). The molecule has 0 atom stereocenters. The Morgan fingerprint density at radius 3 is 2.75 bits per heavy atom. The maximum atomic E-state index is 12.6. The molecule has 0 spiro atoms. The lowest BCUT2D eigenvalue weighted by Crippen LogP contribution is -2.13. The van der Waals surface area contributed by atoms with Crippen molar-refractivity contribution in [1.29, 1.82) is 0 Å². The van der Waals surface area contributed by atoms with Crippen LogP contribution in [0.3, 0.4) is 0 Å². The Bertz CT molecular complexity index is 1320. The van der Waals surface area contributed by atoms with Crippen LogP contribution < -0.4 is 16.0 Å². The summed E-state index contributed by atoms with van der Waals surface area (Å²) in [6.45, 7) is 0. The minimum absolute atomic E-state index is 0.272. The minimum Gasteiger partial charge on any atom is -0.339 e. The molecule has 1 aliphatic heterocycles. The normalized spacial score (nSPS) is 12.4. The molecule has 9 heteroatoms. The van der Waals surface area contributed by atoms with Gasteiger partial charge < -0.3 is 16.0 Å². The number of aryl methyl sites for hydroxylation is 3. The van der Waals surface area contributed by atoms with E-state index < -0.39 is 0 Å². The second kappa shape index (κ2) is 8.32. The number of anilines is 5. The summed E-state index contributed by atoms with van der Waals surface area (Å²) in [4.78, 5) is 21.4. The molecule has 6 bridgehead atoms. The third kappa shape index (κ3) is 4.40. The van der Waals surface area contributed by atoms with Crippen molar-refractivity contribution in [2.24, 2.45) is 7.05 Å². The number of aromatic nitrogens is 4. The Kier molecular flexibility index (Phi) is 5.20. The number of rotatable bonds is 2. The van der Waals surface area contributed by atoms with Crippen LogP contribution in [0, 0.1) is 0 Å². The van der Waals surface area contributed by atoms with Crippen molar-refractivity contribution < 1.29 is 4.79 Å². The van der Waals surface area contributed by atoms with Crippen LogP contribution in [-0.2, 0) is 19.9 Å². The number of benzene rings is 2. The first-order valence-electron chi connectivity index (χ1n) is 10.1. The first-order valence-corrected chi connectivity index (χ1v) is 10.5. The maximum Gasteiger partial charge on any atom is 0.276 e. The van der Waals surface area contributed by atoms with Crippen molar-refractivity contribution >= 4 is 46.3 Å². The number of amides is 1. The first-order chi connectivity index (χ1) is 15.5. The molecule has 160 valence electrons. The van der Waals surface area contributed by atoms with Crippen molar-refractivity contribution in [3.63, 3.8) is 0 Å². The highest BCUT2D eigenvalue weighted by molar-refractivity contribution is 6.32. The van der Waals surface area contributed by atoms with Gasteiger partial charge in [0.25, 0.3) is 5.91 Å². The third-order valence-corrected chi connectivity index (χ3v) is 5.37. The number of nitrogens with one attached hydrogen (secondary N) is 3. The van der Waals surface area contributed by atoms with Crippen LogP contribution in [0.15, 0.2) is 60.9 Å². The molecule has 32 heavy (non-hydrogen) atoms. The number of fused-ring (bicyclic) bond motifs is 6. The number of hydrogen-bond acceptors (Lipinski definition) is 6. The molecule has 1 aliphatic rings. The quantitative estimate of drug-likeness (QED) is 0.413. The Morgan fingerprint density at radius 2 is 1.91 bits per heavy atom. The summed E-state index contributed by atoms with van der Waals surface area (Å²) in [5, 5.41) is 14.0. The minimum atomic E-state index is -0.272. The summed E-state index contributed by atoms with van der Waals surface area (Å²) in [6, 6.07) is 15.7. The van der Waals surface area contributed by atoms with Crippen LogP contribution in [0.1, 0.15) is 21.6 Å². The van der Waals surface area contributed by atoms with E-state index in [0.29, 0.717) is 28.2 Å². The van der Waals surface area contributed by atoms with Gasteiger partial charge in [-0.3, -0.25) is 9.48 Å². The van der Waals surface area contributed by atoms with Gasteiger partial charge in [-0.15, -0.1) is 0 Å². The summed E-state index contributed by atoms with van der Waals surface area (Å²) in [6.07, 6.45) is 4.92. The van der Waals surface area contributed by atoms with Crippen LogP contribution in [-0.4, -0.2) is 25.7 Å². The monoisotopic (exact) mass is 445 g/mol. The maximum absolute atomic E-state index is 12.6. The number of carbonyl (C=O) groups is 1. The van der Waals surface area contributed by atoms with Gasteiger partial charge in [-0.2, -0.15) is 10.1 Å². The summed E-state index contributed by atoms with van der Waals surface area (Å²) >= 11 is 6.34. The molecule has 0 fully saturated rings. The van der Waals surface area contributed by atoms with E-state index in [9.17, 15) is 4.79 Å². The van der Waals surface area contributed by atoms with Crippen molar-refractivity contribution in [1.82, 2.24) is 19.7 Å². The van der Waals surface area contributed by atoms with Crippen LogP contribution >= 0.6 is 11.6 Å². The largest absolute Gasteiger partial charge is 0.339 e. The highest BCUT2D eigenvalue weighted by atomic mass is 35.5. The second-order valence-electron chi connectivity index (χ2n) is 7.59. The van der Waals surface area contributed by atoms with Gasteiger partial charge in [0.1, 0.15) is 5.02 Å². The molecule has 2 aromatic heterocycles. The van der Waals surface area contributed by atoms with E-state index >= 15 is 0 Å². The second-order valence-corrected chi connectivity index (χ2v) is 8.00. The lowest BCUT2D eigenvalue weighted by Gasteiger charge is -2.13. The van der Waals surface area contributed by atoms with E-state index in [1.165, 1.54) is 5.56 Å². The Balaban J connectivity index is 1.53. The number of hydrogen-bond donors (Lipinski definition) is 3. The molecule has 5 rings (SSSR count). The molecule has 0 unspecified atom stereocenters. The van der Waals surface area contributed by atoms with Gasteiger partial charge in [0.15, 0.2) is 11.5 Å². The molecule has 0 radical (unpaired) electrons. The predicted octanol–water partition coefficient (Wildman–Crippen LogP) is 4.70. The van der Waals surface area contributed by atoms with Gasteiger partial charge in [0.05, 0.1) is 6.20 Å². The number of nitrogens with zero attached hydrogens (tertiary/aromatic N) is 4. The zero-order valence-corrected chi connectivity index (χ0v) is 18.0. The number of halogens is 1. The summed E-state index contributed by atoms with van der Waals surface area (Å²) in [7, 11) is 1.77. The zero-order chi connectivity index (χ0) is 22.1. The molecule has 0 aliphatic carbocycles. The van der Waals surface area contributed by atoms with Crippen molar-refractivity contribution in [2.45, 2.75) is 12.8 Å². The van der Waals surface area contributed by atoms with E-state index in [0.717, 1.165) is 29.8 Å². The SMILES string of the molecule is Cn1ccc(C(=O)Nc2cc3cc(c2)Nc2nc(ncc2Cl)Nc2cccc(c2)CC3)n1. The van der Waals surface area contributed by atoms with Crippen LogP contribution in [0.25, 0.3) is 0 Å². The van der Waals surface area contributed by atoms with Gasteiger partial charge in [-0.25, -0.2) is 4.98 Å². The van der Waals surface area contributed by atoms with Gasteiger partial charge in [-0.1, -0.05) is 23.7 Å². The lowest BCUT2D eigenvalue weighted by atomic mass is 10.0. The van der Waals surface area contributed by atoms with Gasteiger partial charge in [0.2, 0.25) is 5.95 Å². The van der Waals surface area contributed by atoms with Crippen molar-refractivity contribution in [3.8, 4) is 0 Å².